The van der Waals surface area contributed by atoms with Crippen LogP contribution in [0.2, 0.25) is 0 Å². The van der Waals surface area contributed by atoms with E-state index in [1.807, 2.05) is 0 Å². The van der Waals surface area contributed by atoms with Crippen LogP contribution in [0.5, 0.6) is 0 Å². The lowest BCUT2D eigenvalue weighted by molar-refractivity contribution is -0.121. The molecular formula is C8H11NO3. The Labute approximate surface area is 70.4 Å². The largest absolute Gasteiger partial charge is 0.367 e. The monoisotopic (exact) mass is 169 g/mol. The van der Waals surface area contributed by atoms with Gasteiger partial charge >= 0.3 is 0 Å². The molecule has 0 aromatic carbocycles. The molecule has 0 radical (unpaired) electrons. The first kappa shape index (κ1) is 8.93. The summed E-state index contributed by atoms with van der Waals surface area (Å²) in [5.41, 5.74) is 4.92. The summed E-state index contributed by atoms with van der Waals surface area (Å²) in [4.78, 5) is 21.6. The zero-order valence-electron chi connectivity index (χ0n) is 6.66. The van der Waals surface area contributed by atoms with Gasteiger partial charge in [0.25, 0.3) is 0 Å². The number of ketones is 1. The van der Waals surface area contributed by atoms with E-state index in [9.17, 15) is 9.59 Å². The predicted octanol–water partition coefficient (Wildman–Crippen LogP) is -0.226. The van der Waals surface area contributed by atoms with Crippen molar-refractivity contribution in [2.75, 3.05) is 0 Å². The summed E-state index contributed by atoms with van der Waals surface area (Å²) in [5.74, 6) is -0.634. The van der Waals surface area contributed by atoms with E-state index in [1.54, 1.807) is 6.08 Å². The molecule has 66 valence electrons. The van der Waals surface area contributed by atoms with Crippen molar-refractivity contribution in [2.24, 2.45) is 5.73 Å². The topological polar surface area (TPSA) is 72.7 Å². The number of amides is 1. The van der Waals surface area contributed by atoms with E-state index in [0.717, 1.165) is 0 Å². The lowest BCUT2D eigenvalue weighted by atomic mass is 10.1. The van der Waals surface area contributed by atoms with E-state index in [2.05, 4.69) is 6.58 Å². The van der Waals surface area contributed by atoms with Gasteiger partial charge in [0.1, 0.15) is 0 Å². The summed E-state index contributed by atoms with van der Waals surface area (Å²) in [6, 6.07) is 0. The molecule has 4 nitrogen and oxygen atoms in total. The summed E-state index contributed by atoms with van der Waals surface area (Å²) in [5, 5.41) is 0. The Morgan fingerprint density at radius 1 is 1.50 bits per heavy atom. The third-order valence-electron chi connectivity index (χ3n) is 1.68. The highest BCUT2D eigenvalue weighted by Crippen LogP contribution is 2.23. The van der Waals surface area contributed by atoms with E-state index < -0.39 is 18.1 Å². The zero-order chi connectivity index (χ0) is 9.14. The number of hydrogen-bond donors (Lipinski definition) is 1. The molecule has 1 aliphatic rings. The Balaban J connectivity index is 2.28. The van der Waals surface area contributed by atoms with E-state index >= 15 is 0 Å². The zero-order valence-corrected chi connectivity index (χ0v) is 6.66. The first-order chi connectivity index (χ1) is 5.66. The predicted molar refractivity (Wildman–Crippen MR) is 42.3 cm³/mol. The molecule has 2 N–H and O–H groups in total. The molecule has 0 aliphatic carbocycles. The maximum Gasteiger partial charge on any atom is 0.249 e. The molecule has 1 heterocycles. The first-order valence-corrected chi connectivity index (χ1v) is 3.75. The fourth-order valence-corrected chi connectivity index (χ4v) is 0.960. The number of ether oxygens (including phenoxy) is 1. The van der Waals surface area contributed by atoms with Crippen molar-refractivity contribution in [3.8, 4) is 0 Å². The van der Waals surface area contributed by atoms with Crippen molar-refractivity contribution >= 4 is 11.7 Å². The normalized spacial score (nSPS) is 26.3. The van der Waals surface area contributed by atoms with Crippen LogP contribution < -0.4 is 5.73 Å². The number of carbonyl (C=O) groups is 2. The molecule has 1 rings (SSSR count). The van der Waals surface area contributed by atoms with Crippen LogP contribution >= 0.6 is 0 Å². The van der Waals surface area contributed by atoms with Crippen LogP contribution in [0.15, 0.2) is 12.7 Å². The Bertz CT molecular complexity index is 224. The summed E-state index contributed by atoms with van der Waals surface area (Å²) >= 11 is 0. The quantitative estimate of drug-likeness (QED) is 0.456. The van der Waals surface area contributed by atoms with Crippen molar-refractivity contribution in [3.05, 3.63) is 12.7 Å². The molecule has 0 aromatic heterocycles. The second-order valence-electron chi connectivity index (χ2n) is 2.67. The molecule has 12 heavy (non-hydrogen) atoms. The van der Waals surface area contributed by atoms with E-state index in [-0.39, 0.29) is 5.78 Å². The fraction of sp³-hybridized carbons (Fsp3) is 0.500. The molecule has 0 saturated carbocycles. The van der Waals surface area contributed by atoms with Gasteiger partial charge in [0.2, 0.25) is 5.91 Å². The second kappa shape index (κ2) is 3.49. The Kier molecular flexibility index (Phi) is 2.60. The van der Waals surface area contributed by atoms with Gasteiger partial charge in [-0.2, -0.15) is 0 Å². The lowest BCUT2D eigenvalue weighted by Gasteiger charge is -1.90. The van der Waals surface area contributed by atoms with Crippen molar-refractivity contribution in [1.29, 1.82) is 0 Å². The standard InChI is InChI=1S/C8H11NO3/c1-2-3-4-5(10)6-7(12-6)8(9)11/h2,6-7H,1,3-4H2,(H2,9,11)/t6-,7-/m1/s1. The second-order valence-corrected chi connectivity index (χ2v) is 2.67. The number of Topliss-reactive ketones (excluding diaryl/α,β-unsaturated/α-hetero) is 1. The molecule has 0 bridgehead atoms. The highest BCUT2D eigenvalue weighted by molar-refractivity contribution is 5.95. The molecule has 0 aromatic rings. The molecule has 1 aliphatic heterocycles. The van der Waals surface area contributed by atoms with Gasteiger partial charge in [-0.15, -0.1) is 6.58 Å². The molecule has 1 saturated heterocycles. The van der Waals surface area contributed by atoms with E-state index in [1.165, 1.54) is 0 Å². The molecule has 0 spiro atoms. The molecule has 1 amide bonds. The fourth-order valence-electron chi connectivity index (χ4n) is 0.960. The molecule has 2 atom stereocenters. The van der Waals surface area contributed by atoms with Crippen LogP contribution in [-0.2, 0) is 14.3 Å². The van der Waals surface area contributed by atoms with Crippen LogP contribution in [-0.4, -0.2) is 23.9 Å². The van der Waals surface area contributed by atoms with Gasteiger partial charge in [-0.3, -0.25) is 9.59 Å². The van der Waals surface area contributed by atoms with Crippen LogP contribution in [0.25, 0.3) is 0 Å². The smallest absolute Gasteiger partial charge is 0.249 e. The number of rotatable bonds is 5. The van der Waals surface area contributed by atoms with Gasteiger partial charge < -0.3 is 10.5 Å². The summed E-state index contributed by atoms with van der Waals surface area (Å²) < 4.78 is 4.78. The van der Waals surface area contributed by atoms with Gasteiger partial charge in [0.05, 0.1) is 0 Å². The van der Waals surface area contributed by atoms with Crippen LogP contribution in [0.4, 0.5) is 0 Å². The molecule has 4 heteroatoms. The highest BCUT2D eigenvalue weighted by atomic mass is 16.6. The maximum absolute atomic E-state index is 11.1. The summed E-state index contributed by atoms with van der Waals surface area (Å²) in [7, 11) is 0. The average molecular weight is 169 g/mol. The van der Waals surface area contributed by atoms with Crippen molar-refractivity contribution in [3.63, 3.8) is 0 Å². The highest BCUT2D eigenvalue weighted by Gasteiger charge is 2.48. The first-order valence-electron chi connectivity index (χ1n) is 3.75. The number of nitrogens with two attached hydrogens (primary N) is 1. The number of allylic oxidation sites excluding steroid dienone is 1. The SMILES string of the molecule is C=CCCC(=O)[C@H]1O[C@H]1C(N)=O. The third kappa shape index (κ3) is 1.92. The minimum atomic E-state index is -0.678. The molecular weight excluding hydrogens is 158 g/mol. The number of hydrogen-bond acceptors (Lipinski definition) is 3. The Morgan fingerprint density at radius 2 is 2.17 bits per heavy atom. The van der Waals surface area contributed by atoms with E-state index in [0.29, 0.717) is 12.8 Å². The molecule has 1 fully saturated rings. The summed E-state index contributed by atoms with van der Waals surface area (Å²) in [6.45, 7) is 3.48. The minimum absolute atomic E-state index is 0.0706. The lowest BCUT2D eigenvalue weighted by Crippen LogP contribution is -2.22. The Hall–Kier alpha value is -1.16. The number of primary amides is 1. The third-order valence-corrected chi connectivity index (χ3v) is 1.68. The van der Waals surface area contributed by atoms with Crippen molar-refractivity contribution < 1.29 is 14.3 Å². The van der Waals surface area contributed by atoms with Gasteiger partial charge in [-0.1, -0.05) is 6.08 Å². The van der Waals surface area contributed by atoms with Crippen molar-refractivity contribution in [1.82, 2.24) is 0 Å². The van der Waals surface area contributed by atoms with E-state index in [4.69, 9.17) is 10.5 Å². The van der Waals surface area contributed by atoms with Crippen molar-refractivity contribution in [2.45, 2.75) is 25.0 Å². The number of carbonyl (C=O) groups excluding carboxylic acids is 2. The average Bonchev–Trinajstić information content (AvgIpc) is 2.78. The number of epoxide rings is 1. The van der Waals surface area contributed by atoms with Gasteiger partial charge in [0.15, 0.2) is 18.0 Å². The Morgan fingerprint density at radius 3 is 2.58 bits per heavy atom. The maximum atomic E-state index is 11.1. The summed E-state index contributed by atoms with van der Waals surface area (Å²) in [6.07, 6.45) is 1.38. The molecule has 0 unspecified atom stereocenters. The van der Waals surface area contributed by atoms with Crippen LogP contribution in [0.3, 0.4) is 0 Å². The van der Waals surface area contributed by atoms with Gasteiger partial charge in [-0.25, -0.2) is 0 Å². The van der Waals surface area contributed by atoms with Gasteiger partial charge in [0, 0.05) is 6.42 Å². The van der Waals surface area contributed by atoms with Crippen LogP contribution in [0.1, 0.15) is 12.8 Å². The minimum Gasteiger partial charge on any atom is -0.367 e. The van der Waals surface area contributed by atoms with Crippen LogP contribution in [0, 0.1) is 0 Å². The van der Waals surface area contributed by atoms with Gasteiger partial charge in [-0.05, 0) is 6.42 Å².